The molecule has 0 spiro atoms. The fourth-order valence-corrected chi connectivity index (χ4v) is 5.85. The summed E-state index contributed by atoms with van der Waals surface area (Å²) in [6.07, 6.45) is 6.78. The Kier molecular flexibility index (Phi) is 6.65. The van der Waals surface area contributed by atoms with E-state index in [-0.39, 0.29) is 24.1 Å². The number of benzene rings is 1. The van der Waals surface area contributed by atoms with Crippen LogP contribution in [0, 0.1) is 0 Å². The number of carbonyl (C=O) groups is 1. The molecule has 1 saturated heterocycles. The van der Waals surface area contributed by atoms with Gasteiger partial charge in [-0.15, -0.1) is 0 Å². The lowest BCUT2D eigenvalue weighted by Gasteiger charge is -2.41. The van der Waals surface area contributed by atoms with E-state index in [0.29, 0.717) is 44.9 Å². The summed E-state index contributed by atoms with van der Waals surface area (Å²) < 4.78 is 38.7. The van der Waals surface area contributed by atoms with Gasteiger partial charge in [0.05, 0.1) is 31.6 Å². The van der Waals surface area contributed by atoms with Crippen LogP contribution in [-0.2, 0) is 19.6 Å². The van der Waals surface area contributed by atoms with E-state index in [0.717, 1.165) is 31.4 Å². The molecule has 7 nitrogen and oxygen atoms in total. The van der Waals surface area contributed by atoms with Crippen LogP contribution in [0.3, 0.4) is 0 Å². The zero-order chi connectivity index (χ0) is 21.1. The monoisotopic (exact) mass is 436 g/mol. The highest BCUT2D eigenvalue weighted by Gasteiger charge is 2.37. The Hall–Kier alpha value is -1.64. The summed E-state index contributed by atoms with van der Waals surface area (Å²) in [5.41, 5.74) is 1.28. The number of amides is 1. The average molecular weight is 437 g/mol. The van der Waals surface area contributed by atoms with Crippen LogP contribution < -0.4 is 9.46 Å². The first-order valence-electron chi connectivity index (χ1n) is 11.0. The Morgan fingerprint density at radius 2 is 2.03 bits per heavy atom. The smallest absolute Gasteiger partial charge is 0.223 e. The number of fused-ring (bicyclic) bond motifs is 6. The molecule has 1 aliphatic carbocycles. The normalized spacial score (nSPS) is 30.7. The van der Waals surface area contributed by atoms with E-state index in [1.807, 2.05) is 17.0 Å². The molecule has 1 aromatic carbocycles. The van der Waals surface area contributed by atoms with Crippen molar-refractivity contribution >= 4 is 15.9 Å². The largest absolute Gasteiger partial charge is 0.494 e. The fourth-order valence-electron chi connectivity index (χ4n) is 5.03. The molecule has 1 amide bonds. The summed E-state index contributed by atoms with van der Waals surface area (Å²) in [5, 5.41) is 0. The Balaban J connectivity index is 1.54. The van der Waals surface area contributed by atoms with E-state index in [1.54, 1.807) is 0 Å². The van der Waals surface area contributed by atoms with Gasteiger partial charge in [0.1, 0.15) is 5.75 Å². The molecule has 3 aliphatic rings. The van der Waals surface area contributed by atoms with Gasteiger partial charge in [-0.05, 0) is 62.1 Å². The van der Waals surface area contributed by atoms with Gasteiger partial charge < -0.3 is 14.4 Å². The molecule has 1 aromatic rings. The van der Waals surface area contributed by atoms with Crippen molar-refractivity contribution in [1.82, 2.24) is 9.62 Å². The van der Waals surface area contributed by atoms with Gasteiger partial charge in [0.15, 0.2) is 0 Å². The minimum atomic E-state index is -3.36. The van der Waals surface area contributed by atoms with Crippen molar-refractivity contribution in [2.75, 3.05) is 26.0 Å². The summed E-state index contributed by atoms with van der Waals surface area (Å²) in [5.74, 6) is 1.34. The van der Waals surface area contributed by atoms with Crippen molar-refractivity contribution in [2.24, 2.45) is 0 Å². The third-order valence-electron chi connectivity index (χ3n) is 6.49. The predicted octanol–water partition coefficient (Wildman–Crippen LogP) is 2.42. The minimum Gasteiger partial charge on any atom is -0.494 e. The molecule has 4 atom stereocenters. The highest BCUT2D eigenvalue weighted by atomic mass is 32.2. The van der Waals surface area contributed by atoms with E-state index < -0.39 is 10.0 Å². The number of hydrogen-bond donors (Lipinski definition) is 1. The van der Waals surface area contributed by atoms with Gasteiger partial charge in [-0.25, -0.2) is 13.1 Å². The fraction of sp³-hybridized carbons (Fsp3) is 0.682. The zero-order valence-corrected chi connectivity index (χ0v) is 18.4. The minimum absolute atomic E-state index is 0.0418. The number of hydrogen-bond acceptors (Lipinski definition) is 5. The summed E-state index contributed by atoms with van der Waals surface area (Å²) in [7, 11) is -3.36. The molecule has 1 N–H and O–H groups in total. The van der Waals surface area contributed by atoms with Crippen molar-refractivity contribution in [1.29, 1.82) is 0 Å². The van der Waals surface area contributed by atoms with Crippen molar-refractivity contribution in [3.63, 3.8) is 0 Å². The number of carbonyl (C=O) groups excluding carboxylic acids is 1. The topological polar surface area (TPSA) is 84.9 Å². The highest BCUT2D eigenvalue weighted by Crippen LogP contribution is 2.37. The molecule has 2 fully saturated rings. The molecule has 4 rings (SSSR count). The SMILES string of the molecule is CS(=O)(=O)NC1CCCN2C(=O)CCCOc3cccc(c3)C3CCC(C3)OCC12. The zero-order valence-electron chi connectivity index (χ0n) is 17.6. The van der Waals surface area contributed by atoms with Gasteiger partial charge in [-0.2, -0.15) is 0 Å². The first kappa shape index (κ1) is 21.6. The number of sulfonamides is 1. The summed E-state index contributed by atoms with van der Waals surface area (Å²) in [6.45, 7) is 1.50. The van der Waals surface area contributed by atoms with Crippen molar-refractivity contribution < 1.29 is 22.7 Å². The predicted molar refractivity (Wildman–Crippen MR) is 114 cm³/mol. The number of piperidine rings is 1. The number of ether oxygens (including phenoxy) is 2. The lowest BCUT2D eigenvalue weighted by molar-refractivity contribution is -0.138. The standard InChI is InChI=1S/C22H32N2O5S/c1-30(26,27)23-20-7-3-11-24-21(20)15-29-19-10-9-17(14-19)16-5-2-6-18(13-16)28-12-4-8-22(24)25/h2,5-6,13,17,19-21,23H,3-4,7-12,14-15H2,1H3. The molecule has 8 heteroatoms. The van der Waals surface area contributed by atoms with Gasteiger partial charge >= 0.3 is 0 Å². The van der Waals surface area contributed by atoms with E-state index in [4.69, 9.17) is 9.47 Å². The van der Waals surface area contributed by atoms with Crippen molar-refractivity contribution in [2.45, 2.75) is 69.1 Å². The van der Waals surface area contributed by atoms with Crippen LogP contribution in [-0.4, -0.2) is 63.4 Å². The lowest BCUT2D eigenvalue weighted by Crippen LogP contribution is -2.59. The summed E-state index contributed by atoms with van der Waals surface area (Å²) in [4.78, 5) is 14.8. The maximum atomic E-state index is 13.0. The van der Waals surface area contributed by atoms with Crippen molar-refractivity contribution in [3.8, 4) is 5.75 Å². The Labute approximate surface area is 179 Å². The van der Waals surface area contributed by atoms with E-state index >= 15 is 0 Å². The molecule has 2 aliphatic heterocycles. The van der Waals surface area contributed by atoms with Crippen LogP contribution in [0.2, 0.25) is 0 Å². The van der Waals surface area contributed by atoms with E-state index in [9.17, 15) is 13.2 Å². The molecule has 0 radical (unpaired) electrons. The van der Waals surface area contributed by atoms with Crippen LogP contribution >= 0.6 is 0 Å². The first-order valence-corrected chi connectivity index (χ1v) is 12.9. The molecule has 4 unspecified atom stereocenters. The number of nitrogens with zero attached hydrogens (tertiary/aromatic N) is 1. The molecule has 166 valence electrons. The first-order chi connectivity index (χ1) is 14.4. The second-order valence-corrected chi connectivity index (χ2v) is 10.6. The second-order valence-electron chi connectivity index (χ2n) is 8.78. The second kappa shape index (κ2) is 9.24. The lowest BCUT2D eigenvalue weighted by atomic mass is 9.96. The molecule has 4 bridgehead atoms. The van der Waals surface area contributed by atoms with Gasteiger partial charge in [0.25, 0.3) is 0 Å². The van der Waals surface area contributed by atoms with E-state index in [2.05, 4.69) is 16.9 Å². The van der Waals surface area contributed by atoms with Crippen LogP contribution in [0.1, 0.15) is 56.4 Å². The average Bonchev–Trinajstić information content (AvgIpc) is 3.17. The van der Waals surface area contributed by atoms with Crippen LogP contribution in [0.15, 0.2) is 24.3 Å². The molecular formula is C22H32N2O5S. The van der Waals surface area contributed by atoms with Crippen molar-refractivity contribution in [3.05, 3.63) is 29.8 Å². The summed E-state index contributed by atoms with van der Waals surface area (Å²) in [6, 6.07) is 7.68. The number of rotatable bonds is 2. The molecule has 30 heavy (non-hydrogen) atoms. The van der Waals surface area contributed by atoms with Gasteiger partial charge in [-0.1, -0.05) is 12.1 Å². The Bertz CT molecular complexity index is 859. The molecular weight excluding hydrogens is 404 g/mol. The number of nitrogens with one attached hydrogen (secondary N) is 1. The third kappa shape index (κ3) is 5.34. The quantitative estimate of drug-likeness (QED) is 0.770. The van der Waals surface area contributed by atoms with Gasteiger partial charge in [0, 0.05) is 19.0 Å². The van der Waals surface area contributed by atoms with E-state index in [1.165, 1.54) is 11.8 Å². The Morgan fingerprint density at radius 1 is 1.17 bits per heavy atom. The molecule has 1 saturated carbocycles. The van der Waals surface area contributed by atoms with Crippen LogP contribution in [0.25, 0.3) is 0 Å². The maximum absolute atomic E-state index is 13.0. The highest BCUT2D eigenvalue weighted by molar-refractivity contribution is 7.88. The maximum Gasteiger partial charge on any atom is 0.223 e. The van der Waals surface area contributed by atoms with Crippen LogP contribution in [0.4, 0.5) is 0 Å². The molecule has 2 heterocycles. The van der Waals surface area contributed by atoms with Gasteiger partial charge in [-0.3, -0.25) is 4.79 Å². The molecule has 0 aromatic heterocycles. The van der Waals surface area contributed by atoms with Gasteiger partial charge in [0.2, 0.25) is 15.9 Å². The third-order valence-corrected chi connectivity index (χ3v) is 7.22. The van der Waals surface area contributed by atoms with Crippen LogP contribution in [0.5, 0.6) is 5.75 Å². The summed E-state index contributed by atoms with van der Waals surface area (Å²) >= 11 is 0. The Morgan fingerprint density at radius 3 is 2.87 bits per heavy atom.